The van der Waals surface area contributed by atoms with Gasteiger partial charge in [0.25, 0.3) is 5.91 Å². The Labute approximate surface area is 179 Å². The fourth-order valence-electron chi connectivity index (χ4n) is 2.75. The van der Waals surface area contributed by atoms with Crippen LogP contribution in [-0.2, 0) is 11.2 Å². The summed E-state index contributed by atoms with van der Waals surface area (Å²) in [6, 6.07) is 3.52. The molecule has 0 spiro atoms. The van der Waals surface area contributed by atoms with E-state index in [9.17, 15) is 14.7 Å². The van der Waals surface area contributed by atoms with Crippen molar-refractivity contribution in [1.29, 1.82) is 0 Å². The van der Waals surface area contributed by atoms with Crippen molar-refractivity contribution >= 4 is 11.9 Å². The molecule has 0 saturated carbocycles. The molecule has 0 aliphatic carbocycles. The first-order valence-corrected chi connectivity index (χ1v) is 9.56. The SMILES string of the molecule is CCCCCCCCCCCCc1ccc(C(=O)NCC(=O)[O-])cn1.[Na+]. The van der Waals surface area contributed by atoms with E-state index in [0.29, 0.717) is 5.56 Å². The summed E-state index contributed by atoms with van der Waals surface area (Å²) in [5.74, 6) is -1.75. The largest absolute Gasteiger partial charge is 1.00 e. The Morgan fingerprint density at radius 1 is 0.962 bits per heavy atom. The first-order chi connectivity index (χ1) is 12.1. The van der Waals surface area contributed by atoms with E-state index in [1.54, 1.807) is 6.07 Å². The normalized spacial score (nSPS) is 10.2. The van der Waals surface area contributed by atoms with Crippen LogP contribution >= 0.6 is 0 Å². The molecule has 0 aliphatic rings. The van der Waals surface area contributed by atoms with Crippen molar-refractivity contribution in [3.05, 3.63) is 29.6 Å². The molecule has 0 bridgehead atoms. The van der Waals surface area contributed by atoms with Crippen molar-refractivity contribution < 1.29 is 44.3 Å². The van der Waals surface area contributed by atoms with E-state index in [4.69, 9.17) is 0 Å². The minimum atomic E-state index is -1.31. The van der Waals surface area contributed by atoms with Crippen molar-refractivity contribution in [3.8, 4) is 0 Å². The van der Waals surface area contributed by atoms with Crippen molar-refractivity contribution in [1.82, 2.24) is 10.3 Å². The van der Waals surface area contributed by atoms with Crippen molar-refractivity contribution in [2.75, 3.05) is 6.54 Å². The third-order valence-electron chi connectivity index (χ3n) is 4.27. The van der Waals surface area contributed by atoms with Crippen LogP contribution in [-0.4, -0.2) is 23.4 Å². The maximum atomic E-state index is 11.7. The monoisotopic (exact) mass is 370 g/mol. The van der Waals surface area contributed by atoms with E-state index in [-0.39, 0.29) is 29.6 Å². The summed E-state index contributed by atoms with van der Waals surface area (Å²) >= 11 is 0. The molecule has 0 radical (unpaired) electrons. The molecule has 5 nitrogen and oxygen atoms in total. The second-order valence-electron chi connectivity index (χ2n) is 6.52. The molecule has 0 aromatic carbocycles. The van der Waals surface area contributed by atoms with Crippen LogP contribution < -0.4 is 40.0 Å². The van der Waals surface area contributed by atoms with E-state index >= 15 is 0 Å². The number of nitrogens with zero attached hydrogens (tertiary/aromatic N) is 1. The second-order valence-corrected chi connectivity index (χ2v) is 6.52. The van der Waals surface area contributed by atoms with Crippen LogP contribution in [0.15, 0.2) is 18.3 Å². The van der Waals surface area contributed by atoms with Crippen LogP contribution in [0.2, 0.25) is 0 Å². The number of nitrogens with one attached hydrogen (secondary N) is 1. The van der Waals surface area contributed by atoms with Gasteiger partial charge in [-0.2, -0.15) is 0 Å². The molecule has 0 fully saturated rings. The van der Waals surface area contributed by atoms with Crippen molar-refractivity contribution in [2.45, 2.75) is 77.6 Å². The molecule has 1 amide bonds. The molecule has 1 N–H and O–H groups in total. The van der Waals surface area contributed by atoms with Gasteiger partial charge in [0.15, 0.2) is 0 Å². The summed E-state index contributed by atoms with van der Waals surface area (Å²) in [7, 11) is 0. The minimum absolute atomic E-state index is 0. The number of carbonyl (C=O) groups excluding carboxylic acids is 2. The third-order valence-corrected chi connectivity index (χ3v) is 4.27. The van der Waals surface area contributed by atoms with Gasteiger partial charge in [0, 0.05) is 11.9 Å². The molecule has 0 atom stereocenters. The topological polar surface area (TPSA) is 82.1 Å². The molecular weight excluding hydrogens is 339 g/mol. The number of carboxylic acid groups (broad SMARTS) is 1. The van der Waals surface area contributed by atoms with Gasteiger partial charge in [-0.05, 0) is 25.0 Å². The number of rotatable bonds is 14. The zero-order valence-electron chi connectivity index (χ0n) is 16.4. The molecule has 140 valence electrons. The molecule has 1 aromatic rings. The number of aryl methyl sites for hydroxylation is 1. The quantitative estimate of drug-likeness (QED) is 0.370. The number of hydrogen-bond acceptors (Lipinski definition) is 4. The fraction of sp³-hybridized carbons (Fsp3) is 0.650. The maximum Gasteiger partial charge on any atom is 1.00 e. The van der Waals surface area contributed by atoms with Gasteiger partial charge < -0.3 is 15.2 Å². The molecule has 26 heavy (non-hydrogen) atoms. The van der Waals surface area contributed by atoms with Crippen LogP contribution in [0.25, 0.3) is 0 Å². The Morgan fingerprint density at radius 2 is 1.54 bits per heavy atom. The molecule has 0 saturated heterocycles. The maximum absolute atomic E-state index is 11.7. The van der Waals surface area contributed by atoms with Crippen LogP contribution in [0.5, 0.6) is 0 Å². The fourth-order valence-corrected chi connectivity index (χ4v) is 2.75. The van der Waals surface area contributed by atoms with Gasteiger partial charge in [0.1, 0.15) is 0 Å². The first kappa shape index (κ1) is 25.1. The summed E-state index contributed by atoms with van der Waals surface area (Å²) in [4.78, 5) is 26.3. The minimum Gasteiger partial charge on any atom is -0.548 e. The van der Waals surface area contributed by atoms with Crippen LogP contribution in [0.1, 0.15) is 87.2 Å². The summed E-state index contributed by atoms with van der Waals surface area (Å²) in [5.41, 5.74) is 1.34. The average molecular weight is 370 g/mol. The second kappa shape index (κ2) is 16.3. The van der Waals surface area contributed by atoms with Gasteiger partial charge in [0.2, 0.25) is 0 Å². The molecule has 1 rings (SSSR count). The summed E-state index contributed by atoms with van der Waals surface area (Å²) in [6.07, 6.45) is 15.5. The third kappa shape index (κ3) is 12.4. The predicted molar refractivity (Wildman–Crippen MR) is 97.1 cm³/mol. The number of unbranched alkanes of at least 4 members (excludes halogenated alkanes) is 9. The summed E-state index contributed by atoms with van der Waals surface area (Å²) in [6.45, 7) is 1.76. The standard InChI is InChI=1S/C20H32N2O3.Na/c1-2-3-4-5-6-7-8-9-10-11-12-18-14-13-17(15-21-18)20(25)22-16-19(23)24;/h13-15H,2-12,16H2,1H3,(H,22,25)(H,23,24);/q;+1/p-1. The van der Waals surface area contributed by atoms with E-state index in [1.165, 1.54) is 64.0 Å². The van der Waals surface area contributed by atoms with E-state index in [0.717, 1.165) is 18.5 Å². The number of hydrogen-bond donors (Lipinski definition) is 1. The molecule has 1 aromatic heterocycles. The number of pyridine rings is 1. The summed E-state index contributed by atoms with van der Waals surface area (Å²) in [5, 5.41) is 12.6. The number of aliphatic carboxylic acids is 1. The van der Waals surface area contributed by atoms with E-state index < -0.39 is 18.4 Å². The van der Waals surface area contributed by atoms with Gasteiger partial charge in [-0.1, -0.05) is 64.7 Å². The molecule has 0 aliphatic heterocycles. The Kier molecular flexibility index (Phi) is 15.7. The number of aromatic nitrogens is 1. The smallest absolute Gasteiger partial charge is 0.548 e. The summed E-state index contributed by atoms with van der Waals surface area (Å²) < 4.78 is 0. The van der Waals surface area contributed by atoms with Gasteiger partial charge >= 0.3 is 29.6 Å². The average Bonchev–Trinajstić information content (AvgIpc) is 2.61. The Hall–Kier alpha value is -0.910. The zero-order valence-corrected chi connectivity index (χ0v) is 18.4. The van der Waals surface area contributed by atoms with Crippen LogP contribution in [0, 0.1) is 0 Å². The number of carbonyl (C=O) groups is 2. The van der Waals surface area contributed by atoms with Crippen molar-refractivity contribution in [2.24, 2.45) is 0 Å². The van der Waals surface area contributed by atoms with Crippen LogP contribution in [0.3, 0.4) is 0 Å². The van der Waals surface area contributed by atoms with E-state index in [2.05, 4.69) is 17.2 Å². The number of amides is 1. The molecular formula is C20H31N2NaO3. The zero-order chi connectivity index (χ0) is 18.3. The van der Waals surface area contributed by atoms with Crippen LogP contribution in [0.4, 0.5) is 0 Å². The van der Waals surface area contributed by atoms with Gasteiger partial charge in [-0.3, -0.25) is 9.78 Å². The van der Waals surface area contributed by atoms with Gasteiger partial charge in [-0.25, -0.2) is 0 Å². The van der Waals surface area contributed by atoms with E-state index in [1.807, 2.05) is 6.07 Å². The number of carboxylic acids is 1. The van der Waals surface area contributed by atoms with Gasteiger partial charge in [-0.15, -0.1) is 0 Å². The Morgan fingerprint density at radius 3 is 2.04 bits per heavy atom. The first-order valence-electron chi connectivity index (χ1n) is 9.56. The Bertz CT molecular complexity index is 506. The van der Waals surface area contributed by atoms with Crippen molar-refractivity contribution in [3.63, 3.8) is 0 Å². The molecule has 1 heterocycles. The molecule has 6 heteroatoms. The van der Waals surface area contributed by atoms with Gasteiger partial charge in [0.05, 0.1) is 18.1 Å². The molecule has 0 unspecified atom stereocenters. The predicted octanol–water partition coefficient (Wildman–Crippen LogP) is 0.0287. The Balaban J connectivity index is 0.00000625.